The second kappa shape index (κ2) is 6.75. The van der Waals surface area contributed by atoms with Crippen molar-refractivity contribution in [3.05, 3.63) is 64.6 Å². The third-order valence-electron chi connectivity index (χ3n) is 4.01. The van der Waals surface area contributed by atoms with Crippen molar-refractivity contribution in [3.63, 3.8) is 0 Å². The number of nitrogens with zero attached hydrogens (tertiary/aromatic N) is 3. The minimum absolute atomic E-state index is 0.00470. The first kappa shape index (κ1) is 15.4. The van der Waals surface area contributed by atoms with Crippen LogP contribution in [0.1, 0.15) is 11.7 Å². The SMILES string of the molecule is Brc1cccc(C2CN(c3noc(-c4ccccc4)n3)CCO2)c1. The van der Waals surface area contributed by atoms with Crippen LogP contribution in [0, 0.1) is 0 Å². The van der Waals surface area contributed by atoms with Gasteiger partial charge in [-0.25, -0.2) is 0 Å². The first-order valence-electron chi connectivity index (χ1n) is 7.81. The third-order valence-corrected chi connectivity index (χ3v) is 4.50. The van der Waals surface area contributed by atoms with E-state index in [-0.39, 0.29) is 6.10 Å². The zero-order chi connectivity index (χ0) is 16.4. The fourth-order valence-corrected chi connectivity index (χ4v) is 3.20. The summed E-state index contributed by atoms with van der Waals surface area (Å²) in [5, 5.41) is 4.14. The maximum Gasteiger partial charge on any atom is 0.266 e. The van der Waals surface area contributed by atoms with E-state index in [1.807, 2.05) is 42.5 Å². The second-order valence-electron chi connectivity index (χ2n) is 5.63. The molecule has 4 rings (SSSR count). The molecule has 1 unspecified atom stereocenters. The number of ether oxygens (including phenoxy) is 1. The van der Waals surface area contributed by atoms with Gasteiger partial charge in [0.1, 0.15) is 6.10 Å². The molecule has 1 saturated heterocycles. The van der Waals surface area contributed by atoms with Gasteiger partial charge in [-0.3, -0.25) is 0 Å². The van der Waals surface area contributed by atoms with Crippen LogP contribution in [0.3, 0.4) is 0 Å². The van der Waals surface area contributed by atoms with E-state index in [1.54, 1.807) is 0 Å². The van der Waals surface area contributed by atoms with E-state index in [1.165, 1.54) is 0 Å². The van der Waals surface area contributed by atoms with Crippen LogP contribution in [0.2, 0.25) is 0 Å². The fraction of sp³-hybridized carbons (Fsp3) is 0.222. The smallest absolute Gasteiger partial charge is 0.266 e. The van der Waals surface area contributed by atoms with Gasteiger partial charge in [0, 0.05) is 16.6 Å². The maximum atomic E-state index is 5.91. The van der Waals surface area contributed by atoms with E-state index in [9.17, 15) is 0 Å². The lowest BCUT2D eigenvalue weighted by Gasteiger charge is -2.32. The van der Waals surface area contributed by atoms with Crippen LogP contribution >= 0.6 is 15.9 Å². The predicted octanol–water partition coefficient (Wildman–Crippen LogP) is 4.08. The highest BCUT2D eigenvalue weighted by atomic mass is 79.9. The van der Waals surface area contributed by atoms with Gasteiger partial charge in [0.25, 0.3) is 11.8 Å². The molecular weight excluding hydrogens is 370 g/mol. The van der Waals surface area contributed by atoms with Crippen molar-refractivity contribution in [1.29, 1.82) is 0 Å². The summed E-state index contributed by atoms with van der Waals surface area (Å²) in [7, 11) is 0. The van der Waals surface area contributed by atoms with Crippen molar-refractivity contribution in [2.45, 2.75) is 6.10 Å². The number of aromatic nitrogens is 2. The lowest BCUT2D eigenvalue weighted by atomic mass is 10.1. The fourth-order valence-electron chi connectivity index (χ4n) is 2.78. The van der Waals surface area contributed by atoms with Gasteiger partial charge in [0.15, 0.2) is 0 Å². The van der Waals surface area contributed by atoms with Gasteiger partial charge in [-0.2, -0.15) is 4.98 Å². The predicted molar refractivity (Wildman–Crippen MR) is 94.8 cm³/mol. The average molecular weight is 386 g/mol. The molecule has 1 aliphatic rings. The molecule has 3 aromatic rings. The zero-order valence-corrected chi connectivity index (χ0v) is 14.5. The van der Waals surface area contributed by atoms with E-state index in [4.69, 9.17) is 9.26 Å². The summed E-state index contributed by atoms with van der Waals surface area (Å²) in [4.78, 5) is 6.64. The molecule has 122 valence electrons. The lowest BCUT2D eigenvalue weighted by Crippen LogP contribution is -2.39. The van der Waals surface area contributed by atoms with Crippen LogP contribution in [0.5, 0.6) is 0 Å². The van der Waals surface area contributed by atoms with Gasteiger partial charge in [-0.05, 0) is 35.0 Å². The maximum absolute atomic E-state index is 5.91. The number of rotatable bonds is 3. The summed E-state index contributed by atoms with van der Waals surface area (Å²) >= 11 is 3.51. The number of benzene rings is 2. The Morgan fingerprint density at radius 3 is 2.79 bits per heavy atom. The van der Waals surface area contributed by atoms with Gasteiger partial charge in [0.2, 0.25) is 0 Å². The van der Waals surface area contributed by atoms with Crippen molar-refractivity contribution >= 4 is 21.9 Å². The third kappa shape index (κ3) is 3.20. The molecular formula is C18H16BrN3O2. The molecule has 1 fully saturated rings. The summed E-state index contributed by atoms with van der Waals surface area (Å²) in [6, 6.07) is 18.0. The van der Waals surface area contributed by atoms with E-state index < -0.39 is 0 Å². The van der Waals surface area contributed by atoms with Crippen LogP contribution in [0.4, 0.5) is 5.95 Å². The largest absolute Gasteiger partial charge is 0.370 e. The van der Waals surface area contributed by atoms with Gasteiger partial charge < -0.3 is 14.2 Å². The number of hydrogen-bond donors (Lipinski definition) is 0. The Morgan fingerprint density at radius 1 is 1.08 bits per heavy atom. The molecule has 6 heteroatoms. The Hall–Kier alpha value is -2.18. The van der Waals surface area contributed by atoms with E-state index in [0.29, 0.717) is 25.0 Å². The highest BCUT2D eigenvalue weighted by Gasteiger charge is 2.25. The van der Waals surface area contributed by atoms with Gasteiger partial charge in [0.05, 0.1) is 13.2 Å². The van der Waals surface area contributed by atoms with E-state index in [0.717, 1.165) is 22.1 Å². The molecule has 0 bridgehead atoms. The molecule has 1 aliphatic heterocycles. The molecule has 1 atom stereocenters. The molecule has 0 aliphatic carbocycles. The summed E-state index contributed by atoms with van der Waals surface area (Å²) in [5.41, 5.74) is 2.06. The summed E-state index contributed by atoms with van der Waals surface area (Å²) < 4.78 is 12.4. The molecule has 0 N–H and O–H groups in total. The quantitative estimate of drug-likeness (QED) is 0.679. The van der Waals surface area contributed by atoms with Gasteiger partial charge in [-0.1, -0.05) is 46.3 Å². The van der Waals surface area contributed by atoms with Crippen LogP contribution in [0.15, 0.2) is 63.6 Å². The Bertz CT molecular complexity index is 822. The average Bonchev–Trinajstić information content (AvgIpc) is 3.13. The van der Waals surface area contributed by atoms with Gasteiger partial charge >= 0.3 is 0 Å². The van der Waals surface area contributed by atoms with Crippen molar-refractivity contribution < 1.29 is 9.26 Å². The first-order valence-corrected chi connectivity index (χ1v) is 8.60. The Morgan fingerprint density at radius 2 is 1.96 bits per heavy atom. The molecule has 5 nitrogen and oxygen atoms in total. The molecule has 1 aromatic heterocycles. The minimum atomic E-state index is -0.00470. The van der Waals surface area contributed by atoms with Crippen LogP contribution in [-0.2, 0) is 4.74 Å². The Kier molecular flexibility index (Phi) is 4.32. The number of anilines is 1. The molecule has 24 heavy (non-hydrogen) atoms. The molecule has 0 saturated carbocycles. The topological polar surface area (TPSA) is 51.4 Å². The van der Waals surface area contributed by atoms with E-state index >= 15 is 0 Å². The Balaban J connectivity index is 1.53. The number of morpholine rings is 1. The van der Waals surface area contributed by atoms with Crippen molar-refractivity contribution in [3.8, 4) is 11.5 Å². The minimum Gasteiger partial charge on any atom is -0.370 e. The summed E-state index contributed by atoms with van der Waals surface area (Å²) in [6.07, 6.45) is -0.00470. The summed E-state index contributed by atoms with van der Waals surface area (Å²) in [5.74, 6) is 1.15. The monoisotopic (exact) mass is 385 g/mol. The molecule has 2 heterocycles. The van der Waals surface area contributed by atoms with Crippen LogP contribution < -0.4 is 4.90 Å². The first-order chi connectivity index (χ1) is 11.8. The number of hydrogen-bond acceptors (Lipinski definition) is 5. The number of halogens is 1. The highest BCUT2D eigenvalue weighted by molar-refractivity contribution is 9.10. The van der Waals surface area contributed by atoms with Crippen molar-refractivity contribution in [2.24, 2.45) is 0 Å². The van der Waals surface area contributed by atoms with E-state index in [2.05, 4.69) is 43.1 Å². The van der Waals surface area contributed by atoms with Crippen molar-refractivity contribution in [1.82, 2.24) is 10.1 Å². The molecule has 0 radical (unpaired) electrons. The normalized spacial score (nSPS) is 17.9. The standard InChI is InChI=1S/C18H16BrN3O2/c19-15-8-4-7-14(11-15)16-12-22(9-10-23-16)18-20-17(24-21-18)13-5-2-1-3-6-13/h1-8,11,16H,9-10,12H2. The van der Waals surface area contributed by atoms with Gasteiger partial charge in [-0.15, -0.1) is 0 Å². The molecule has 2 aromatic carbocycles. The van der Waals surface area contributed by atoms with Crippen LogP contribution in [-0.4, -0.2) is 29.8 Å². The van der Waals surface area contributed by atoms with Crippen LogP contribution in [0.25, 0.3) is 11.5 Å². The molecule has 0 spiro atoms. The highest BCUT2D eigenvalue weighted by Crippen LogP contribution is 2.27. The molecule has 0 amide bonds. The Labute approximate surface area is 148 Å². The van der Waals surface area contributed by atoms with Crippen molar-refractivity contribution in [2.75, 3.05) is 24.6 Å². The zero-order valence-electron chi connectivity index (χ0n) is 12.9. The second-order valence-corrected chi connectivity index (χ2v) is 6.54. The summed E-state index contributed by atoms with van der Waals surface area (Å²) in [6.45, 7) is 2.08. The lowest BCUT2D eigenvalue weighted by molar-refractivity contribution is 0.0390.